The van der Waals surface area contributed by atoms with Gasteiger partial charge in [0.15, 0.2) is 0 Å². The van der Waals surface area contributed by atoms with Gasteiger partial charge in [-0.15, -0.1) is 11.3 Å². The number of hydrogen-bond donors (Lipinski definition) is 1. The summed E-state index contributed by atoms with van der Waals surface area (Å²) in [4.78, 5) is 15.1. The molecule has 1 N–H and O–H groups in total. The molecule has 1 amide bonds. The van der Waals surface area contributed by atoms with Gasteiger partial charge in [0, 0.05) is 19.7 Å². The molecule has 2 heterocycles. The normalized spacial score (nSPS) is 20.6. The number of likely N-dealkylation sites (tertiary alicyclic amines) is 1. The van der Waals surface area contributed by atoms with Crippen LogP contribution in [0.15, 0.2) is 11.4 Å². The van der Waals surface area contributed by atoms with Crippen molar-refractivity contribution in [1.29, 1.82) is 0 Å². The summed E-state index contributed by atoms with van der Waals surface area (Å²) in [6, 6.07) is 1.99. The molecule has 1 unspecified atom stereocenters. The Hall–Kier alpha value is -0.870. The van der Waals surface area contributed by atoms with Crippen molar-refractivity contribution in [3.63, 3.8) is 0 Å². The second-order valence-electron chi connectivity index (χ2n) is 4.70. The highest BCUT2D eigenvalue weighted by Gasteiger charge is 2.25. The maximum atomic E-state index is 12.3. The minimum absolute atomic E-state index is 0.167. The Labute approximate surface area is 106 Å². The molecule has 1 aliphatic heterocycles. The first-order valence-corrected chi connectivity index (χ1v) is 7.04. The number of hydrogen-bond acceptors (Lipinski definition) is 3. The minimum Gasteiger partial charge on any atom is -0.396 e. The van der Waals surface area contributed by atoms with E-state index in [0.717, 1.165) is 42.8 Å². The number of aliphatic hydroxyl groups is 1. The number of carbonyl (C=O) groups excluding carboxylic acids is 1. The van der Waals surface area contributed by atoms with Crippen LogP contribution in [0.5, 0.6) is 0 Å². The van der Waals surface area contributed by atoms with Crippen molar-refractivity contribution in [1.82, 2.24) is 4.90 Å². The average molecular weight is 253 g/mol. The molecule has 3 nitrogen and oxygen atoms in total. The van der Waals surface area contributed by atoms with Gasteiger partial charge in [0.1, 0.15) is 0 Å². The number of carbonyl (C=O) groups is 1. The Bertz CT molecular complexity index is 387. The Kier molecular flexibility index (Phi) is 4.18. The van der Waals surface area contributed by atoms with Crippen LogP contribution in [0.1, 0.15) is 34.5 Å². The predicted octanol–water partition coefficient (Wildman–Crippen LogP) is 2.29. The number of thiophene rings is 1. The SMILES string of the molecule is Cc1ccsc1C(=O)N1CCCC(CCO)C1. The van der Waals surface area contributed by atoms with Crippen LogP contribution >= 0.6 is 11.3 Å². The van der Waals surface area contributed by atoms with Gasteiger partial charge in [-0.3, -0.25) is 4.79 Å². The van der Waals surface area contributed by atoms with Crippen LogP contribution in [0.2, 0.25) is 0 Å². The fraction of sp³-hybridized carbons (Fsp3) is 0.615. The van der Waals surface area contributed by atoms with Crippen LogP contribution in [0.4, 0.5) is 0 Å². The molecule has 0 saturated carbocycles. The maximum Gasteiger partial charge on any atom is 0.264 e. The van der Waals surface area contributed by atoms with Gasteiger partial charge in [-0.2, -0.15) is 0 Å². The van der Waals surface area contributed by atoms with E-state index in [-0.39, 0.29) is 12.5 Å². The standard InChI is InChI=1S/C13H19NO2S/c1-10-5-8-17-12(10)13(16)14-6-2-3-11(9-14)4-7-15/h5,8,11,15H,2-4,6-7,9H2,1H3. The molecule has 17 heavy (non-hydrogen) atoms. The van der Waals surface area contributed by atoms with Crippen molar-refractivity contribution in [3.8, 4) is 0 Å². The Balaban J connectivity index is 2.02. The van der Waals surface area contributed by atoms with Gasteiger partial charge in [0.25, 0.3) is 5.91 Å². The number of amides is 1. The lowest BCUT2D eigenvalue weighted by Gasteiger charge is -2.32. The smallest absolute Gasteiger partial charge is 0.264 e. The first-order valence-electron chi connectivity index (χ1n) is 6.16. The molecule has 1 saturated heterocycles. The zero-order chi connectivity index (χ0) is 12.3. The van der Waals surface area contributed by atoms with Gasteiger partial charge in [0.2, 0.25) is 0 Å². The fourth-order valence-electron chi connectivity index (χ4n) is 2.40. The van der Waals surface area contributed by atoms with E-state index in [4.69, 9.17) is 5.11 Å². The van der Waals surface area contributed by atoms with Crippen molar-refractivity contribution in [2.75, 3.05) is 19.7 Å². The van der Waals surface area contributed by atoms with E-state index >= 15 is 0 Å². The number of nitrogens with zero attached hydrogens (tertiary/aromatic N) is 1. The largest absolute Gasteiger partial charge is 0.396 e. The molecule has 1 aromatic heterocycles. The summed E-state index contributed by atoms with van der Waals surface area (Å²) in [5.41, 5.74) is 1.07. The van der Waals surface area contributed by atoms with E-state index in [2.05, 4.69) is 0 Å². The molecule has 0 radical (unpaired) electrons. The minimum atomic E-state index is 0.167. The first-order chi connectivity index (χ1) is 8.22. The molecule has 0 bridgehead atoms. The highest BCUT2D eigenvalue weighted by molar-refractivity contribution is 7.12. The quantitative estimate of drug-likeness (QED) is 0.898. The summed E-state index contributed by atoms with van der Waals surface area (Å²) in [6.07, 6.45) is 3.00. The van der Waals surface area contributed by atoms with Crippen LogP contribution in [0.3, 0.4) is 0 Å². The molecule has 1 aromatic rings. The number of aryl methyl sites for hydroxylation is 1. The summed E-state index contributed by atoms with van der Waals surface area (Å²) in [5.74, 6) is 0.637. The van der Waals surface area contributed by atoms with E-state index in [9.17, 15) is 4.79 Å². The zero-order valence-corrected chi connectivity index (χ0v) is 11.0. The van der Waals surface area contributed by atoms with E-state index in [1.165, 1.54) is 11.3 Å². The summed E-state index contributed by atoms with van der Waals surface area (Å²) < 4.78 is 0. The lowest BCUT2D eigenvalue weighted by Crippen LogP contribution is -2.40. The van der Waals surface area contributed by atoms with E-state index in [1.54, 1.807) is 0 Å². The van der Waals surface area contributed by atoms with Crippen molar-refractivity contribution in [2.24, 2.45) is 5.92 Å². The first kappa shape index (κ1) is 12.6. The molecule has 0 aliphatic carbocycles. The molecule has 4 heteroatoms. The van der Waals surface area contributed by atoms with Gasteiger partial charge in [-0.1, -0.05) is 0 Å². The number of aliphatic hydroxyl groups excluding tert-OH is 1. The van der Waals surface area contributed by atoms with E-state index < -0.39 is 0 Å². The van der Waals surface area contributed by atoms with Crippen molar-refractivity contribution in [2.45, 2.75) is 26.2 Å². The highest BCUT2D eigenvalue weighted by Crippen LogP contribution is 2.24. The molecule has 0 spiro atoms. The van der Waals surface area contributed by atoms with Gasteiger partial charge < -0.3 is 10.0 Å². The maximum absolute atomic E-state index is 12.3. The van der Waals surface area contributed by atoms with Crippen LogP contribution in [0.25, 0.3) is 0 Å². The molecular formula is C13H19NO2S. The third-order valence-corrected chi connectivity index (χ3v) is 4.40. The molecule has 2 rings (SSSR count). The van der Waals surface area contributed by atoms with Gasteiger partial charge in [0.05, 0.1) is 4.88 Å². The van der Waals surface area contributed by atoms with Crippen LogP contribution in [0, 0.1) is 12.8 Å². The lowest BCUT2D eigenvalue weighted by atomic mass is 9.95. The molecule has 1 atom stereocenters. The molecule has 0 aromatic carbocycles. The number of piperidine rings is 1. The molecule has 1 fully saturated rings. The predicted molar refractivity (Wildman–Crippen MR) is 69.4 cm³/mol. The Morgan fingerprint density at radius 2 is 2.47 bits per heavy atom. The summed E-state index contributed by atoms with van der Waals surface area (Å²) in [6.45, 7) is 3.87. The second-order valence-corrected chi connectivity index (χ2v) is 5.62. The highest BCUT2D eigenvalue weighted by atomic mass is 32.1. The third kappa shape index (κ3) is 2.87. The number of rotatable bonds is 3. The fourth-order valence-corrected chi connectivity index (χ4v) is 3.30. The van der Waals surface area contributed by atoms with Crippen LogP contribution < -0.4 is 0 Å². The zero-order valence-electron chi connectivity index (χ0n) is 10.2. The summed E-state index contributed by atoms with van der Waals surface area (Å²) in [7, 11) is 0. The van der Waals surface area contributed by atoms with Crippen molar-refractivity contribution >= 4 is 17.2 Å². The lowest BCUT2D eigenvalue weighted by molar-refractivity contribution is 0.0658. The summed E-state index contributed by atoms with van der Waals surface area (Å²) >= 11 is 1.53. The van der Waals surface area contributed by atoms with Crippen LogP contribution in [-0.4, -0.2) is 35.6 Å². The molecule has 94 valence electrons. The van der Waals surface area contributed by atoms with Gasteiger partial charge in [-0.25, -0.2) is 0 Å². The Morgan fingerprint density at radius 1 is 1.65 bits per heavy atom. The Morgan fingerprint density at radius 3 is 3.12 bits per heavy atom. The van der Waals surface area contributed by atoms with Gasteiger partial charge in [-0.05, 0) is 49.1 Å². The average Bonchev–Trinajstić information content (AvgIpc) is 2.75. The molecular weight excluding hydrogens is 234 g/mol. The summed E-state index contributed by atoms with van der Waals surface area (Å²) in [5, 5.41) is 10.9. The van der Waals surface area contributed by atoms with Crippen LogP contribution in [-0.2, 0) is 0 Å². The topological polar surface area (TPSA) is 40.5 Å². The second kappa shape index (κ2) is 5.65. The monoisotopic (exact) mass is 253 g/mol. The van der Waals surface area contributed by atoms with Crippen molar-refractivity contribution < 1.29 is 9.90 Å². The van der Waals surface area contributed by atoms with Crippen molar-refractivity contribution in [3.05, 3.63) is 21.9 Å². The molecule has 1 aliphatic rings. The third-order valence-electron chi connectivity index (χ3n) is 3.40. The van der Waals surface area contributed by atoms with E-state index in [0.29, 0.717) is 5.92 Å². The van der Waals surface area contributed by atoms with Gasteiger partial charge >= 0.3 is 0 Å². The van der Waals surface area contributed by atoms with E-state index in [1.807, 2.05) is 23.3 Å².